The summed E-state index contributed by atoms with van der Waals surface area (Å²) in [6.07, 6.45) is 6.39. The molecule has 2 bridgehead atoms. The summed E-state index contributed by atoms with van der Waals surface area (Å²) in [6.45, 7) is 0.652. The number of fused-ring (bicyclic) bond motifs is 2. The number of hydrogen-bond donors (Lipinski definition) is 1. The molecule has 0 aromatic heterocycles. The van der Waals surface area contributed by atoms with E-state index in [-0.39, 0.29) is 0 Å². The minimum Gasteiger partial charge on any atom is -0.326 e. The fourth-order valence-electron chi connectivity index (χ4n) is 3.03. The summed E-state index contributed by atoms with van der Waals surface area (Å²) in [6, 6.07) is 8.90. The van der Waals surface area contributed by atoms with Gasteiger partial charge in [0.2, 0.25) is 0 Å². The molecule has 1 fully saturated rings. The molecule has 1 aromatic rings. The van der Waals surface area contributed by atoms with Crippen molar-refractivity contribution in [2.75, 3.05) is 0 Å². The van der Waals surface area contributed by atoms with Gasteiger partial charge in [0.1, 0.15) is 0 Å². The highest BCUT2D eigenvalue weighted by Crippen LogP contribution is 2.49. The smallest absolute Gasteiger partial charge is 0.0178 e. The Morgan fingerprint density at radius 3 is 2.47 bits per heavy atom. The van der Waals surface area contributed by atoms with Crippen LogP contribution in [-0.2, 0) is 6.54 Å². The molecule has 1 heteroatoms. The van der Waals surface area contributed by atoms with E-state index in [0.717, 1.165) is 11.8 Å². The molecule has 1 aromatic carbocycles. The normalized spacial score (nSPS) is 28.2. The predicted octanol–water partition coefficient (Wildman–Crippen LogP) is 2.97. The number of rotatable bonds is 2. The van der Waals surface area contributed by atoms with Gasteiger partial charge in [-0.3, -0.25) is 0 Å². The van der Waals surface area contributed by atoms with Gasteiger partial charge in [-0.05, 0) is 42.2 Å². The second kappa shape index (κ2) is 3.49. The van der Waals surface area contributed by atoms with Gasteiger partial charge in [0, 0.05) is 6.54 Å². The van der Waals surface area contributed by atoms with Crippen molar-refractivity contribution in [1.29, 1.82) is 0 Å². The Bertz CT molecular complexity index is 388. The second-order valence-electron chi connectivity index (χ2n) is 4.82. The van der Waals surface area contributed by atoms with Crippen molar-refractivity contribution in [2.45, 2.75) is 31.7 Å². The third kappa shape index (κ3) is 1.51. The van der Waals surface area contributed by atoms with Crippen LogP contribution in [0.15, 0.2) is 35.9 Å². The van der Waals surface area contributed by atoms with Gasteiger partial charge in [0.05, 0.1) is 0 Å². The van der Waals surface area contributed by atoms with Gasteiger partial charge in [-0.1, -0.05) is 35.9 Å². The van der Waals surface area contributed by atoms with Crippen LogP contribution in [0.4, 0.5) is 0 Å². The highest BCUT2D eigenvalue weighted by molar-refractivity contribution is 5.32. The zero-order chi connectivity index (χ0) is 10.3. The topological polar surface area (TPSA) is 26.0 Å². The van der Waals surface area contributed by atoms with Gasteiger partial charge >= 0.3 is 0 Å². The Morgan fingerprint density at radius 2 is 1.93 bits per heavy atom. The van der Waals surface area contributed by atoms with Gasteiger partial charge in [-0.2, -0.15) is 0 Å². The number of hydrogen-bond acceptors (Lipinski definition) is 1. The molecule has 2 aliphatic rings. The van der Waals surface area contributed by atoms with Gasteiger partial charge in [0.25, 0.3) is 0 Å². The molecule has 3 rings (SSSR count). The molecule has 0 amide bonds. The lowest BCUT2D eigenvalue weighted by atomic mass is 9.85. The van der Waals surface area contributed by atoms with Crippen molar-refractivity contribution in [3.8, 4) is 0 Å². The molecule has 0 spiro atoms. The predicted molar refractivity (Wildman–Crippen MR) is 62.5 cm³/mol. The quantitative estimate of drug-likeness (QED) is 0.728. The third-order valence-electron chi connectivity index (χ3n) is 3.93. The van der Waals surface area contributed by atoms with E-state index in [0.29, 0.717) is 6.54 Å². The first-order valence-electron chi connectivity index (χ1n) is 5.83. The minimum atomic E-state index is 0.652. The molecular weight excluding hydrogens is 182 g/mol. The van der Waals surface area contributed by atoms with Crippen LogP contribution in [0.2, 0.25) is 0 Å². The van der Waals surface area contributed by atoms with Crippen LogP contribution in [0.3, 0.4) is 0 Å². The summed E-state index contributed by atoms with van der Waals surface area (Å²) < 4.78 is 0. The molecule has 1 nitrogen and oxygen atoms in total. The average Bonchev–Trinajstić information content (AvgIpc) is 2.91. The lowest BCUT2D eigenvalue weighted by Crippen LogP contribution is -2.06. The standard InChI is InChI=1S/C14H17N/c15-9-10-1-4-12(5-2-10)14-8-11-3-6-13(14)7-11/h1-5,13-14H,6-9,15H2. The Labute approximate surface area is 91.0 Å². The maximum absolute atomic E-state index is 5.60. The molecule has 2 N–H and O–H groups in total. The van der Waals surface area contributed by atoms with Crippen LogP contribution in [0.25, 0.3) is 0 Å². The Morgan fingerprint density at radius 1 is 1.13 bits per heavy atom. The first-order valence-corrected chi connectivity index (χ1v) is 5.83. The number of benzene rings is 1. The lowest BCUT2D eigenvalue weighted by molar-refractivity contribution is 0.496. The summed E-state index contributed by atoms with van der Waals surface area (Å²) in [5, 5.41) is 0. The molecular formula is C14H17N. The molecule has 2 aliphatic carbocycles. The molecule has 78 valence electrons. The minimum absolute atomic E-state index is 0.652. The highest BCUT2D eigenvalue weighted by atomic mass is 14.5. The summed E-state index contributed by atoms with van der Waals surface area (Å²) in [7, 11) is 0. The van der Waals surface area contributed by atoms with Crippen molar-refractivity contribution >= 4 is 0 Å². The molecule has 2 atom stereocenters. The van der Waals surface area contributed by atoms with E-state index in [1.165, 1.54) is 30.4 Å². The Hall–Kier alpha value is -1.08. The van der Waals surface area contributed by atoms with Crippen molar-refractivity contribution in [3.63, 3.8) is 0 Å². The van der Waals surface area contributed by atoms with Crippen LogP contribution < -0.4 is 5.73 Å². The lowest BCUT2D eigenvalue weighted by Gasteiger charge is -2.19. The molecule has 2 unspecified atom stereocenters. The first-order chi connectivity index (χ1) is 7.36. The van der Waals surface area contributed by atoms with Crippen molar-refractivity contribution in [3.05, 3.63) is 47.0 Å². The Balaban J connectivity index is 1.84. The van der Waals surface area contributed by atoms with Gasteiger partial charge in [-0.25, -0.2) is 0 Å². The maximum atomic E-state index is 5.60. The molecule has 0 aliphatic heterocycles. The van der Waals surface area contributed by atoms with Crippen LogP contribution in [0.1, 0.15) is 36.3 Å². The number of nitrogens with two attached hydrogens (primary N) is 1. The summed E-state index contributed by atoms with van der Waals surface area (Å²) in [5.41, 5.74) is 10.0. The maximum Gasteiger partial charge on any atom is 0.0178 e. The van der Waals surface area contributed by atoms with Gasteiger partial charge < -0.3 is 5.73 Å². The summed E-state index contributed by atoms with van der Waals surface area (Å²) >= 11 is 0. The van der Waals surface area contributed by atoms with Crippen molar-refractivity contribution < 1.29 is 0 Å². The molecule has 0 saturated heterocycles. The van der Waals surface area contributed by atoms with Crippen LogP contribution >= 0.6 is 0 Å². The average molecular weight is 199 g/mol. The molecule has 0 heterocycles. The molecule has 0 radical (unpaired) electrons. The largest absolute Gasteiger partial charge is 0.326 e. The zero-order valence-corrected chi connectivity index (χ0v) is 8.95. The Kier molecular flexibility index (Phi) is 2.14. The van der Waals surface area contributed by atoms with Crippen molar-refractivity contribution in [2.24, 2.45) is 11.7 Å². The second-order valence-corrected chi connectivity index (χ2v) is 4.82. The van der Waals surface area contributed by atoms with Gasteiger partial charge in [0.15, 0.2) is 0 Å². The van der Waals surface area contributed by atoms with E-state index >= 15 is 0 Å². The van der Waals surface area contributed by atoms with E-state index in [1.54, 1.807) is 5.57 Å². The SMILES string of the molecule is NCc1ccc(C2CC3=CCC2C3)cc1. The van der Waals surface area contributed by atoms with E-state index in [1.807, 2.05) is 0 Å². The highest BCUT2D eigenvalue weighted by Gasteiger charge is 2.34. The van der Waals surface area contributed by atoms with Crippen molar-refractivity contribution in [1.82, 2.24) is 0 Å². The summed E-state index contributed by atoms with van der Waals surface area (Å²) in [5.74, 6) is 1.68. The van der Waals surface area contributed by atoms with Crippen LogP contribution in [-0.4, -0.2) is 0 Å². The number of allylic oxidation sites excluding steroid dienone is 2. The van der Waals surface area contributed by atoms with E-state index in [2.05, 4.69) is 30.3 Å². The van der Waals surface area contributed by atoms with E-state index < -0.39 is 0 Å². The molecule has 1 saturated carbocycles. The van der Waals surface area contributed by atoms with Gasteiger partial charge in [-0.15, -0.1) is 0 Å². The fourth-order valence-corrected chi connectivity index (χ4v) is 3.03. The third-order valence-corrected chi connectivity index (χ3v) is 3.93. The fraction of sp³-hybridized carbons (Fsp3) is 0.429. The summed E-state index contributed by atoms with van der Waals surface area (Å²) in [4.78, 5) is 0. The van der Waals surface area contributed by atoms with Crippen LogP contribution in [0.5, 0.6) is 0 Å². The zero-order valence-electron chi connectivity index (χ0n) is 8.95. The van der Waals surface area contributed by atoms with Crippen LogP contribution in [0, 0.1) is 5.92 Å². The monoisotopic (exact) mass is 199 g/mol. The van der Waals surface area contributed by atoms with E-state index in [4.69, 9.17) is 5.73 Å². The van der Waals surface area contributed by atoms with E-state index in [9.17, 15) is 0 Å². The first kappa shape index (κ1) is 9.17. The molecule has 15 heavy (non-hydrogen) atoms.